The summed E-state index contributed by atoms with van der Waals surface area (Å²) in [7, 11) is -3.28. The summed E-state index contributed by atoms with van der Waals surface area (Å²) in [6.45, 7) is 3.54. The Balaban J connectivity index is 1.61. The van der Waals surface area contributed by atoms with Crippen LogP contribution in [0.5, 0.6) is 0 Å². The van der Waals surface area contributed by atoms with Gasteiger partial charge in [-0.15, -0.1) is 0 Å². The molecule has 2 heterocycles. The molecule has 0 saturated carbocycles. The smallest absolute Gasteiger partial charge is 0.338 e. The summed E-state index contributed by atoms with van der Waals surface area (Å²) in [6.07, 6.45) is -0.475. The number of hydrogen-bond donors (Lipinski definition) is 1. The number of amides is 1. The van der Waals surface area contributed by atoms with Crippen molar-refractivity contribution in [2.24, 2.45) is 0 Å². The van der Waals surface area contributed by atoms with Gasteiger partial charge < -0.3 is 14.6 Å². The lowest BCUT2D eigenvalue weighted by Crippen LogP contribution is -2.30. The first kappa shape index (κ1) is 18.9. The van der Waals surface area contributed by atoms with Gasteiger partial charge in [-0.3, -0.25) is 9.10 Å². The van der Waals surface area contributed by atoms with Gasteiger partial charge in [0.05, 0.1) is 17.0 Å². The van der Waals surface area contributed by atoms with E-state index in [1.54, 1.807) is 19.1 Å². The van der Waals surface area contributed by atoms with E-state index in [0.29, 0.717) is 24.4 Å². The monoisotopic (exact) mass is 393 g/mol. The Labute approximate surface area is 156 Å². The van der Waals surface area contributed by atoms with E-state index in [-0.39, 0.29) is 17.1 Å². The minimum absolute atomic E-state index is 0.120. The number of anilines is 2. The minimum Gasteiger partial charge on any atom is -0.449 e. The number of rotatable bonds is 5. The summed E-state index contributed by atoms with van der Waals surface area (Å²) < 4.78 is 35.2. The molecule has 1 aromatic carbocycles. The molecule has 0 aliphatic carbocycles. The maximum atomic E-state index is 12.2. The molecule has 1 N–H and O–H groups in total. The molecule has 3 rings (SSSR count). The Hall–Kier alpha value is -2.88. The Morgan fingerprint density at radius 1 is 1.30 bits per heavy atom. The van der Waals surface area contributed by atoms with Gasteiger partial charge >= 0.3 is 5.97 Å². The molecule has 1 aliphatic rings. The molecule has 0 bridgehead atoms. The number of esters is 1. The number of nitrogens with zero attached hydrogens (tertiary/aromatic N) is 2. The normalized spacial score (nSPS) is 16.7. The van der Waals surface area contributed by atoms with Gasteiger partial charge in [-0.05, 0) is 44.5 Å². The van der Waals surface area contributed by atoms with Crippen molar-refractivity contribution in [1.82, 2.24) is 5.16 Å². The molecule has 0 radical (unpaired) electrons. The topological polar surface area (TPSA) is 119 Å². The van der Waals surface area contributed by atoms with E-state index in [2.05, 4.69) is 10.5 Å². The first-order chi connectivity index (χ1) is 12.8. The maximum absolute atomic E-state index is 12.2. The highest BCUT2D eigenvalue weighted by atomic mass is 32.2. The van der Waals surface area contributed by atoms with Gasteiger partial charge in [0.15, 0.2) is 11.9 Å². The molecule has 0 unspecified atom stereocenters. The van der Waals surface area contributed by atoms with Crippen LogP contribution in [-0.2, 0) is 19.6 Å². The number of aromatic nitrogens is 1. The third-order valence-corrected chi connectivity index (χ3v) is 5.89. The number of carbonyl (C=O) groups excluding carboxylic acids is 2. The van der Waals surface area contributed by atoms with Crippen LogP contribution in [0, 0.1) is 6.92 Å². The second-order valence-corrected chi connectivity index (χ2v) is 8.16. The molecular weight excluding hydrogens is 374 g/mol. The highest BCUT2D eigenvalue weighted by molar-refractivity contribution is 7.93. The number of benzene rings is 1. The van der Waals surface area contributed by atoms with Crippen molar-refractivity contribution in [2.75, 3.05) is 21.9 Å². The van der Waals surface area contributed by atoms with Gasteiger partial charge in [0.25, 0.3) is 5.91 Å². The molecule has 10 heteroatoms. The predicted molar refractivity (Wildman–Crippen MR) is 96.9 cm³/mol. The van der Waals surface area contributed by atoms with Crippen molar-refractivity contribution < 1.29 is 27.3 Å². The van der Waals surface area contributed by atoms with Crippen LogP contribution in [0.3, 0.4) is 0 Å². The Kier molecular flexibility index (Phi) is 5.17. The first-order valence-corrected chi connectivity index (χ1v) is 9.93. The van der Waals surface area contributed by atoms with Crippen LogP contribution < -0.4 is 9.62 Å². The van der Waals surface area contributed by atoms with Crippen molar-refractivity contribution in [2.45, 2.75) is 26.4 Å². The number of carbonyl (C=O) groups is 2. The van der Waals surface area contributed by atoms with Crippen LogP contribution in [0.4, 0.5) is 11.5 Å². The predicted octanol–water partition coefficient (Wildman–Crippen LogP) is 1.71. The molecule has 9 nitrogen and oxygen atoms in total. The zero-order chi connectivity index (χ0) is 19.6. The van der Waals surface area contributed by atoms with Crippen LogP contribution in [0.25, 0.3) is 0 Å². The van der Waals surface area contributed by atoms with Crippen molar-refractivity contribution in [3.05, 3.63) is 41.7 Å². The molecule has 2 aromatic rings. The van der Waals surface area contributed by atoms with Gasteiger partial charge in [-0.1, -0.05) is 5.16 Å². The fourth-order valence-electron chi connectivity index (χ4n) is 2.63. The Morgan fingerprint density at radius 2 is 2.00 bits per heavy atom. The molecule has 1 fully saturated rings. The van der Waals surface area contributed by atoms with Crippen LogP contribution in [0.2, 0.25) is 0 Å². The number of nitrogens with one attached hydrogen (secondary N) is 1. The van der Waals surface area contributed by atoms with E-state index in [1.165, 1.54) is 29.4 Å². The summed E-state index contributed by atoms with van der Waals surface area (Å²) in [5, 5.41) is 6.11. The van der Waals surface area contributed by atoms with Crippen LogP contribution in [0.15, 0.2) is 34.9 Å². The van der Waals surface area contributed by atoms with Gasteiger partial charge in [0, 0.05) is 12.6 Å². The number of hydrogen-bond acceptors (Lipinski definition) is 7. The van der Waals surface area contributed by atoms with E-state index < -0.39 is 28.0 Å². The van der Waals surface area contributed by atoms with Gasteiger partial charge in [-0.25, -0.2) is 13.2 Å². The standard InChI is InChI=1S/C17H19N3O6S/c1-11-10-15(19-26-11)18-16(21)12(2)25-17(22)13-4-6-14(7-5-13)20-8-3-9-27(20,23)24/h4-7,10,12H,3,8-9H2,1-2H3,(H,18,19,21)/t12-/m1/s1. The maximum Gasteiger partial charge on any atom is 0.338 e. The average molecular weight is 393 g/mol. The number of sulfonamides is 1. The Bertz CT molecular complexity index is 951. The van der Waals surface area contributed by atoms with E-state index in [9.17, 15) is 18.0 Å². The van der Waals surface area contributed by atoms with Gasteiger partial charge in [0.2, 0.25) is 10.0 Å². The molecule has 144 valence electrons. The largest absolute Gasteiger partial charge is 0.449 e. The third-order valence-electron chi connectivity index (χ3n) is 4.02. The highest BCUT2D eigenvalue weighted by Crippen LogP contribution is 2.24. The molecular formula is C17H19N3O6S. The average Bonchev–Trinajstić information content (AvgIpc) is 3.19. The molecule has 1 saturated heterocycles. The Morgan fingerprint density at radius 3 is 2.56 bits per heavy atom. The first-order valence-electron chi connectivity index (χ1n) is 8.32. The SMILES string of the molecule is Cc1cc(NC(=O)[C@@H](C)OC(=O)c2ccc(N3CCCS3(=O)=O)cc2)no1. The second kappa shape index (κ2) is 7.39. The fourth-order valence-corrected chi connectivity index (χ4v) is 4.19. The summed E-state index contributed by atoms with van der Waals surface area (Å²) in [4.78, 5) is 24.3. The third kappa shape index (κ3) is 4.27. The van der Waals surface area contributed by atoms with E-state index >= 15 is 0 Å². The lowest BCUT2D eigenvalue weighted by atomic mass is 10.2. The minimum atomic E-state index is -3.28. The van der Waals surface area contributed by atoms with Gasteiger partial charge in [-0.2, -0.15) is 0 Å². The zero-order valence-electron chi connectivity index (χ0n) is 14.8. The van der Waals surface area contributed by atoms with E-state index in [1.807, 2.05) is 0 Å². The lowest BCUT2D eigenvalue weighted by Gasteiger charge is -2.17. The highest BCUT2D eigenvalue weighted by Gasteiger charge is 2.28. The number of aryl methyl sites for hydroxylation is 1. The summed E-state index contributed by atoms with van der Waals surface area (Å²) in [5.74, 6) is -0.345. The summed E-state index contributed by atoms with van der Waals surface area (Å²) in [6, 6.07) is 7.57. The summed E-state index contributed by atoms with van der Waals surface area (Å²) >= 11 is 0. The van der Waals surface area contributed by atoms with Crippen LogP contribution in [0.1, 0.15) is 29.5 Å². The molecule has 0 spiro atoms. The lowest BCUT2D eigenvalue weighted by molar-refractivity contribution is -0.123. The van der Waals surface area contributed by atoms with Crippen LogP contribution >= 0.6 is 0 Å². The van der Waals surface area contributed by atoms with Crippen molar-refractivity contribution in [1.29, 1.82) is 0 Å². The second-order valence-electron chi connectivity index (χ2n) is 6.15. The molecule has 1 aromatic heterocycles. The van der Waals surface area contributed by atoms with Crippen molar-refractivity contribution in [3.63, 3.8) is 0 Å². The molecule has 1 aliphatic heterocycles. The van der Waals surface area contributed by atoms with Crippen LogP contribution in [-0.4, -0.2) is 43.9 Å². The quantitative estimate of drug-likeness (QED) is 0.768. The van der Waals surface area contributed by atoms with Crippen molar-refractivity contribution in [3.8, 4) is 0 Å². The summed E-state index contributed by atoms with van der Waals surface area (Å²) in [5.41, 5.74) is 0.712. The fraction of sp³-hybridized carbons (Fsp3) is 0.353. The van der Waals surface area contributed by atoms with Crippen molar-refractivity contribution >= 4 is 33.4 Å². The molecule has 1 atom stereocenters. The van der Waals surface area contributed by atoms with E-state index in [0.717, 1.165) is 0 Å². The van der Waals surface area contributed by atoms with E-state index in [4.69, 9.17) is 9.26 Å². The molecule has 27 heavy (non-hydrogen) atoms. The zero-order valence-corrected chi connectivity index (χ0v) is 15.7. The number of ether oxygens (including phenoxy) is 1. The van der Waals surface area contributed by atoms with Gasteiger partial charge in [0.1, 0.15) is 5.76 Å². The molecule has 1 amide bonds.